The van der Waals surface area contributed by atoms with Crippen LogP contribution in [0.2, 0.25) is 0 Å². The molecule has 1 N–H and O–H groups in total. The van der Waals surface area contributed by atoms with Crippen LogP contribution in [0.25, 0.3) is 0 Å². The van der Waals surface area contributed by atoms with Gasteiger partial charge in [-0.2, -0.15) is 0 Å². The Kier molecular flexibility index (Phi) is 3.32. The zero-order chi connectivity index (χ0) is 16.0. The van der Waals surface area contributed by atoms with Crippen LogP contribution in [0.15, 0.2) is 35.2 Å². The first kappa shape index (κ1) is 14.2. The van der Waals surface area contributed by atoms with E-state index in [9.17, 15) is 14.4 Å². The molecule has 0 aromatic carbocycles. The van der Waals surface area contributed by atoms with Gasteiger partial charge in [0.05, 0.1) is 23.7 Å². The van der Waals surface area contributed by atoms with Gasteiger partial charge in [0.15, 0.2) is 0 Å². The standard InChI is InChI=1S/C17H18N2O4/c20-15(12-4-7-23-9-12)18-5-1-6-19-16(21)13-10-2-3-11(8-10)14(13)17(19)22/h2-4,7,9-11,13-14H,1,5-6,8H2,(H,18,20)/t10-,11-,13-,14+/m0/s1. The molecular formula is C17H18N2O4. The smallest absolute Gasteiger partial charge is 0.254 e. The van der Waals surface area contributed by atoms with Gasteiger partial charge < -0.3 is 9.73 Å². The third-order valence-electron chi connectivity index (χ3n) is 5.19. The molecule has 0 unspecified atom stereocenters. The normalized spacial score (nSPS) is 31.0. The Bertz CT molecular complexity index is 649. The topological polar surface area (TPSA) is 79.6 Å². The Balaban J connectivity index is 1.30. The molecule has 1 aromatic rings. The van der Waals surface area contributed by atoms with Gasteiger partial charge in [0.1, 0.15) is 6.26 Å². The van der Waals surface area contributed by atoms with Crippen molar-refractivity contribution in [3.63, 3.8) is 0 Å². The van der Waals surface area contributed by atoms with E-state index < -0.39 is 0 Å². The SMILES string of the molecule is O=C(NCCCN1C(=O)[C@@H]2[C@H](C1=O)[C@H]1C=C[C@H]2C1)c1ccoc1. The number of fused-ring (bicyclic) bond motifs is 5. The maximum atomic E-state index is 12.5. The van der Waals surface area contributed by atoms with Crippen LogP contribution in [0.4, 0.5) is 0 Å². The molecule has 0 radical (unpaired) electrons. The molecule has 6 nitrogen and oxygen atoms in total. The molecular weight excluding hydrogens is 296 g/mol. The largest absolute Gasteiger partial charge is 0.472 e. The Morgan fingerprint density at radius 2 is 1.91 bits per heavy atom. The van der Waals surface area contributed by atoms with Crippen LogP contribution >= 0.6 is 0 Å². The molecule has 6 heteroatoms. The third-order valence-corrected chi connectivity index (χ3v) is 5.19. The van der Waals surface area contributed by atoms with Crippen LogP contribution in [-0.2, 0) is 9.59 Å². The van der Waals surface area contributed by atoms with Crippen LogP contribution < -0.4 is 5.32 Å². The number of allylic oxidation sites excluding steroid dienone is 2. The second-order valence-electron chi connectivity index (χ2n) is 6.45. The molecule has 4 rings (SSSR count). The lowest BCUT2D eigenvalue weighted by atomic mass is 9.85. The quantitative estimate of drug-likeness (QED) is 0.503. The summed E-state index contributed by atoms with van der Waals surface area (Å²) >= 11 is 0. The van der Waals surface area contributed by atoms with Crippen molar-refractivity contribution in [1.82, 2.24) is 10.2 Å². The summed E-state index contributed by atoms with van der Waals surface area (Å²) in [7, 11) is 0. The maximum absolute atomic E-state index is 12.5. The van der Waals surface area contributed by atoms with E-state index >= 15 is 0 Å². The van der Waals surface area contributed by atoms with Gasteiger partial charge in [-0.05, 0) is 30.7 Å². The van der Waals surface area contributed by atoms with Crippen molar-refractivity contribution >= 4 is 17.7 Å². The van der Waals surface area contributed by atoms with Crippen molar-refractivity contribution in [3.05, 3.63) is 36.3 Å². The highest BCUT2D eigenvalue weighted by Gasteiger charge is 2.58. The molecule has 2 fully saturated rings. The number of furan rings is 1. The minimum atomic E-state index is -0.211. The van der Waals surface area contributed by atoms with Gasteiger partial charge in [-0.15, -0.1) is 0 Å². The number of carbonyl (C=O) groups is 3. The van der Waals surface area contributed by atoms with Crippen molar-refractivity contribution in [2.45, 2.75) is 12.8 Å². The van der Waals surface area contributed by atoms with E-state index in [1.54, 1.807) is 6.07 Å². The summed E-state index contributed by atoms with van der Waals surface area (Å²) in [5, 5.41) is 2.76. The summed E-state index contributed by atoms with van der Waals surface area (Å²) in [5.41, 5.74) is 0.468. The molecule has 0 spiro atoms. The van der Waals surface area contributed by atoms with E-state index in [2.05, 4.69) is 17.5 Å². The van der Waals surface area contributed by atoms with Crippen molar-refractivity contribution in [1.29, 1.82) is 0 Å². The van der Waals surface area contributed by atoms with Crippen LogP contribution in [0.1, 0.15) is 23.2 Å². The maximum Gasteiger partial charge on any atom is 0.254 e. The molecule has 3 aliphatic rings. The fourth-order valence-electron chi connectivity index (χ4n) is 4.12. The van der Waals surface area contributed by atoms with Gasteiger partial charge >= 0.3 is 0 Å². The van der Waals surface area contributed by atoms with Gasteiger partial charge in [-0.25, -0.2) is 0 Å². The molecule has 120 valence electrons. The van der Waals surface area contributed by atoms with E-state index in [1.807, 2.05) is 0 Å². The highest BCUT2D eigenvalue weighted by molar-refractivity contribution is 6.06. The Labute approximate surface area is 133 Å². The van der Waals surface area contributed by atoms with Gasteiger partial charge in [-0.1, -0.05) is 12.2 Å². The Morgan fingerprint density at radius 3 is 2.52 bits per heavy atom. The predicted octanol–water partition coefficient (Wildman–Crippen LogP) is 1.21. The van der Waals surface area contributed by atoms with E-state index in [0.717, 1.165) is 6.42 Å². The molecule has 2 heterocycles. The summed E-state index contributed by atoms with van der Waals surface area (Å²) in [6, 6.07) is 1.59. The average Bonchev–Trinajstić information content (AvgIpc) is 3.30. The Morgan fingerprint density at radius 1 is 1.22 bits per heavy atom. The lowest BCUT2D eigenvalue weighted by Gasteiger charge is -2.17. The zero-order valence-electron chi connectivity index (χ0n) is 12.6. The first-order valence-corrected chi connectivity index (χ1v) is 8.01. The fourth-order valence-corrected chi connectivity index (χ4v) is 4.12. The predicted molar refractivity (Wildman–Crippen MR) is 80.1 cm³/mol. The highest BCUT2D eigenvalue weighted by Crippen LogP contribution is 2.52. The number of amides is 3. The monoisotopic (exact) mass is 314 g/mol. The molecule has 1 saturated heterocycles. The summed E-state index contributed by atoms with van der Waals surface area (Å²) < 4.78 is 4.86. The van der Waals surface area contributed by atoms with E-state index in [4.69, 9.17) is 4.42 Å². The number of nitrogens with one attached hydrogen (secondary N) is 1. The summed E-state index contributed by atoms with van der Waals surface area (Å²) in [6.07, 6.45) is 8.51. The number of imide groups is 1. The molecule has 2 bridgehead atoms. The second kappa shape index (κ2) is 5.37. The summed E-state index contributed by atoms with van der Waals surface area (Å²) in [5.74, 6) is -0.0662. The van der Waals surface area contributed by atoms with E-state index in [1.165, 1.54) is 17.4 Å². The number of rotatable bonds is 5. The van der Waals surface area contributed by atoms with Crippen LogP contribution in [0.5, 0.6) is 0 Å². The highest BCUT2D eigenvalue weighted by atomic mass is 16.3. The molecule has 23 heavy (non-hydrogen) atoms. The molecule has 3 amide bonds. The molecule has 2 aliphatic carbocycles. The van der Waals surface area contributed by atoms with Crippen molar-refractivity contribution in [3.8, 4) is 0 Å². The lowest BCUT2D eigenvalue weighted by Crippen LogP contribution is -2.35. The van der Waals surface area contributed by atoms with Gasteiger partial charge in [0.2, 0.25) is 11.8 Å². The fraction of sp³-hybridized carbons (Fsp3) is 0.471. The van der Waals surface area contributed by atoms with Crippen LogP contribution in [-0.4, -0.2) is 35.7 Å². The second-order valence-corrected chi connectivity index (χ2v) is 6.45. The minimum Gasteiger partial charge on any atom is -0.472 e. The molecule has 1 aliphatic heterocycles. The molecule has 1 saturated carbocycles. The molecule has 1 aromatic heterocycles. The number of hydrogen-bond acceptors (Lipinski definition) is 4. The number of hydrogen-bond donors (Lipinski definition) is 1. The Hall–Kier alpha value is -2.37. The third kappa shape index (κ3) is 2.20. The molecule has 4 atom stereocenters. The average molecular weight is 314 g/mol. The van der Waals surface area contributed by atoms with Crippen molar-refractivity contribution in [2.24, 2.45) is 23.7 Å². The van der Waals surface area contributed by atoms with Crippen molar-refractivity contribution in [2.75, 3.05) is 13.1 Å². The number of nitrogens with zero attached hydrogens (tertiary/aromatic N) is 1. The number of likely N-dealkylation sites (tertiary alicyclic amines) is 1. The summed E-state index contributed by atoms with van der Waals surface area (Å²) in [6.45, 7) is 0.789. The van der Waals surface area contributed by atoms with Gasteiger partial charge in [-0.3, -0.25) is 19.3 Å². The lowest BCUT2D eigenvalue weighted by molar-refractivity contribution is -0.140. The number of carbonyl (C=O) groups excluding carboxylic acids is 3. The minimum absolute atomic E-state index is 0.0296. The van der Waals surface area contributed by atoms with Crippen molar-refractivity contribution < 1.29 is 18.8 Å². The van der Waals surface area contributed by atoms with Crippen LogP contribution in [0.3, 0.4) is 0 Å². The van der Waals surface area contributed by atoms with Gasteiger partial charge in [0.25, 0.3) is 5.91 Å². The van der Waals surface area contributed by atoms with Gasteiger partial charge in [0, 0.05) is 13.1 Å². The van der Waals surface area contributed by atoms with Crippen LogP contribution in [0, 0.1) is 23.7 Å². The first-order valence-electron chi connectivity index (χ1n) is 8.01. The first-order chi connectivity index (χ1) is 11.2. The van der Waals surface area contributed by atoms with E-state index in [0.29, 0.717) is 25.1 Å². The zero-order valence-corrected chi connectivity index (χ0v) is 12.6. The summed E-state index contributed by atoms with van der Waals surface area (Å²) in [4.78, 5) is 38.1. The van der Waals surface area contributed by atoms with E-state index in [-0.39, 0.29) is 41.4 Å².